The summed E-state index contributed by atoms with van der Waals surface area (Å²) >= 11 is 7.35. The highest BCUT2D eigenvalue weighted by Gasteiger charge is 2.26. The molecule has 0 radical (unpaired) electrons. The monoisotopic (exact) mass is 288 g/mol. The van der Waals surface area contributed by atoms with Gasteiger partial charge >= 0.3 is 0 Å². The van der Waals surface area contributed by atoms with Crippen molar-refractivity contribution >= 4 is 22.9 Å². The molecule has 1 aromatic carbocycles. The summed E-state index contributed by atoms with van der Waals surface area (Å²) in [5.41, 5.74) is -1.17. The molecule has 5 heteroatoms. The molecule has 0 spiro atoms. The van der Waals surface area contributed by atoms with Crippen molar-refractivity contribution in [3.8, 4) is 0 Å². The molecule has 1 nitrogen and oxygen atoms in total. The lowest BCUT2D eigenvalue weighted by Crippen LogP contribution is -2.24. The first kappa shape index (κ1) is 13.5. The number of benzene rings is 1. The Labute approximate surface area is 113 Å². The molecule has 18 heavy (non-hydrogen) atoms. The Balaban J connectivity index is 2.33. The molecule has 1 N–H and O–H groups in total. The molecule has 0 aliphatic carbocycles. The summed E-state index contributed by atoms with van der Waals surface area (Å²) in [6, 6.07) is 4.76. The molecule has 1 atom stereocenters. The SMILES string of the molecule is CC(O)(Cc1sccc1Cl)c1cc(F)cc(F)c1. The first-order valence-electron chi connectivity index (χ1n) is 5.29. The van der Waals surface area contributed by atoms with Gasteiger partial charge in [0.25, 0.3) is 0 Å². The summed E-state index contributed by atoms with van der Waals surface area (Å²) < 4.78 is 26.3. The Morgan fingerprint density at radius 3 is 2.39 bits per heavy atom. The van der Waals surface area contributed by atoms with Gasteiger partial charge in [0.2, 0.25) is 0 Å². The van der Waals surface area contributed by atoms with Crippen LogP contribution in [0.2, 0.25) is 5.02 Å². The van der Waals surface area contributed by atoms with Gasteiger partial charge in [-0.1, -0.05) is 11.6 Å². The van der Waals surface area contributed by atoms with E-state index in [9.17, 15) is 13.9 Å². The maximum absolute atomic E-state index is 13.1. The summed E-state index contributed by atoms with van der Waals surface area (Å²) in [7, 11) is 0. The van der Waals surface area contributed by atoms with Crippen molar-refractivity contribution in [2.75, 3.05) is 0 Å². The molecule has 0 amide bonds. The number of aliphatic hydroxyl groups is 1. The van der Waals surface area contributed by atoms with Crippen LogP contribution in [0, 0.1) is 11.6 Å². The van der Waals surface area contributed by atoms with Crippen molar-refractivity contribution in [3.63, 3.8) is 0 Å². The van der Waals surface area contributed by atoms with E-state index in [4.69, 9.17) is 11.6 Å². The second-order valence-corrected chi connectivity index (χ2v) is 5.71. The van der Waals surface area contributed by atoms with Crippen molar-refractivity contribution in [2.45, 2.75) is 18.9 Å². The topological polar surface area (TPSA) is 20.2 Å². The van der Waals surface area contributed by atoms with E-state index in [1.807, 2.05) is 0 Å². The molecule has 2 aromatic rings. The highest BCUT2D eigenvalue weighted by atomic mass is 35.5. The molecule has 2 rings (SSSR count). The molecule has 1 heterocycles. The van der Waals surface area contributed by atoms with Crippen molar-refractivity contribution in [1.29, 1.82) is 0 Å². The lowest BCUT2D eigenvalue weighted by Gasteiger charge is -2.23. The number of halogens is 3. The standard InChI is InChI=1S/C13H11ClF2OS/c1-13(17,7-12-11(14)2-3-18-12)8-4-9(15)6-10(16)5-8/h2-6,17H,7H2,1H3. The lowest BCUT2D eigenvalue weighted by molar-refractivity contribution is 0.0578. The predicted octanol–water partition coefficient (Wildman–Crippen LogP) is 4.13. The Bertz CT molecular complexity index is 546. The van der Waals surface area contributed by atoms with Gasteiger partial charge in [-0.2, -0.15) is 0 Å². The van der Waals surface area contributed by atoms with E-state index in [1.165, 1.54) is 18.3 Å². The molecular formula is C13H11ClF2OS. The number of rotatable bonds is 3. The summed E-state index contributed by atoms with van der Waals surface area (Å²) in [5, 5.41) is 12.7. The maximum Gasteiger partial charge on any atom is 0.126 e. The molecule has 0 saturated carbocycles. The molecule has 0 aliphatic heterocycles. The minimum Gasteiger partial charge on any atom is -0.385 e. The van der Waals surface area contributed by atoms with Crippen LogP contribution in [-0.4, -0.2) is 5.11 Å². The Kier molecular flexibility index (Phi) is 3.71. The van der Waals surface area contributed by atoms with Gasteiger partial charge in [0, 0.05) is 17.4 Å². The molecule has 0 saturated heterocycles. The molecule has 1 unspecified atom stereocenters. The summed E-state index contributed by atoms with van der Waals surface area (Å²) in [6.07, 6.45) is 0.215. The largest absolute Gasteiger partial charge is 0.385 e. The van der Waals surface area contributed by atoms with Crippen LogP contribution in [0.5, 0.6) is 0 Å². The second-order valence-electron chi connectivity index (χ2n) is 4.30. The third-order valence-electron chi connectivity index (χ3n) is 2.68. The van der Waals surface area contributed by atoms with Gasteiger partial charge in [-0.3, -0.25) is 0 Å². The van der Waals surface area contributed by atoms with Crippen molar-refractivity contribution < 1.29 is 13.9 Å². The maximum atomic E-state index is 13.1. The third-order valence-corrected chi connectivity index (χ3v) is 4.07. The smallest absolute Gasteiger partial charge is 0.126 e. The number of thiophene rings is 1. The molecule has 0 aliphatic rings. The fourth-order valence-electron chi connectivity index (χ4n) is 1.73. The fraction of sp³-hybridized carbons (Fsp3) is 0.231. The normalized spacial score (nSPS) is 14.5. The lowest BCUT2D eigenvalue weighted by atomic mass is 9.91. The molecular weight excluding hydrogens is 278 g/mol. The molecule has 0 bridgehead atoms. The van der Waals surface area contributed by atoms with E-state index < -0.39 is 17.2 Å². The van der Waals surface area contributed by atoms with Crippen LogP contribution >= 0.6 is 22.9 Å². The van der Waals surface area contributed by atoms with Crippen LogP contribution in [0.15, 0.2) is 29.6 Å². The Hall–Kier alpha value is -0.970. The average molecular weight is 289 g/mol. The van der Waals surface area contributed by atoms with E-state index in [2.05, 4.69) is 0 Å². The zero-order valence-electron chi connectivity index (χ0n) is 9.58. The predicted molar refractivity (Wildman–Crippen MR) is 69.0 cm³/mol. The van der Waals surface area contributed by atoms with E-state index in [0.29, 0.717) is 5.02 Å². The zero-order chi connectivity index (χ0) is 13.3. The quantitative estimate of drug-likeness (QED) is 0.900. The van der Waals surface area contributed by atoms with E-state index >= 15 is 0 Å². The van der Waals surface area contributed by atoms with Gasteiger partial charge in [0.15, 0.2) is 0 Å². The highest BCUT2D eigenvalue weighted by molar-refractivity contribution is 7.10. The second kappa shape index (κ2) is 4.96. The van der Waals surface area contributed by atoms with Crippen LogP contribution in [-0.2, 0) is 12.0 Å². The summed E-state index contributed by atoms with van der Waals surface area (Å²) in [5.74, 6) is -1.41. The van der Waals surface area contributed by atoms with Crippen LogP contribution in [0.1, 0.15) is 17.4 Å². The van der Waals surface area contributed by atoms with Gasteiger partial charge in [0.1, 0.15) is 11.6 Å². The first-order valence-corrected chi connectivity index (χ1v) is 6.55. The van der Waals surface area contributed by atoms with E-state index in [-0.39, 0.29) is 12.0 Å². The summed E-state index contributed by atoms with van der Waals surface area (Å²) in [4.78, 5) is 0.784. The van der Waals surface area contributed by atoms with Crippen molar-refractivity contribution in [1.82, 2.24) is 0 Å². The highest BCUT2D eigenvalue weighted by Crippen LogP contribution is 2.32. The van der Waals surface area contributed by atoms with Gasteiger partial charge in [-0.25, -0.2) is 8.78 Å². The van der Waals surface area contributed by atoms with Crippen LogP contribution in [0.25, 0.3) is 0 Å². The van der Waals surface area contributed by atoms with Gasteiger partial charge < -0.3 is 5.11 Å². The van der Waals surface area contributed by atoms with E-state index in [1.54, 1.807) is 11.4 Å². The van der Waals surface area contributed by atoms with Crippen LogP contribution in [0.3, 0.4) is 0 Å². The first-order chi connectivity index (χ1) is 8.38. The number of hydrogen-bond acceptors (Lipinski definition) is 2. The van der Waals surface area contributed by atoms with Crippen LogP contribution < -0.4 is 0 Å². The molecule has 1 aromatic heterocycles. The van der Waals surface area contributed by atoms with Gasteiger partial charge in [-0.05, 0) is 36.1 Å². The zero-order valence-corrected chi connectivity index (χ0v) is 11.2. The van der Waals surface area contributed by atoms with E-state index in [0.717, 1.165) is 23.1 Å². The van der Waals surface area contributed by atoms with Gasteiger partial charge in [0.05, 0.1) is 10.6 Å². The number of hydrogen-bond donors (Lipinski definition) is 1. The minimum atomic E-state index is -1.36. The van der Waals surface area contributed by atoms with Crippen LogP contribution in [0.4, 0.5) is 8.78 Å². The fourth-order valence-corrected chi connectivity index (χ4v) is 2.98. The average Bonchev–Trinajstić information content (AvgIpc) is 2.62. The molecule has 0 fully saturated rings. The van der Waals surface area contributed by atoms with Crippen molar-refractivity contribution in [3.05, 3.63) is 56.7 Å². The van der Waals surface area contributed by atoms with Gasteiger partial charge in [-0.15, -0.1) is 11.3 Å². The van der Waals surface area contributed by atoms with Crippen molar-refractivity contribution in [2.24, 2.45) is 0 Å². The Morgan fingerprint density at radius 1 is 1.28 bits per heavy atom. The Morgan fingerprint density at radius 2 is 1.89 bits per heavy atom. The third kappa shape index (κ3) is 2.88. The molecule has 96 valence electrons. The summed E-state index contributed by atoms with van der Waals surface area (Å²) in [6.45, 7) is 1.51. The minimum absolute atomic E-state index is 0.199.